The molecule has 0 fully saturated rings. The third-order valence-electron chi connectivity index (χ3n) is 3.46. The summed E-state index contributed by atoms with van der Waals surface area (Å²) in [4.78, 5) is 12.3. The first-order valence-electron chi connectivity index (χ1n) is 6.93. The standard InChI is InChI=1S/C19H13NO2/c20-13-17(15-7-2-1-3-8-15)19(21)22-18-12-6-10-14-9-4-5-11-16(14)18/h1-12,17H. The van der Waals surface area contributed by atoms with Crippen LogP contribution >= 0.6 is 0 Å². The Bertz CT molecular complexity index is 845. The Morgan fingerprint density at radius 2 is 1.59 bits per heavy atom. The van der Waals surface area contributed by atoms with Gasteiger partial charge >= 0.3 is 5.97 Å². The van der Waals surface area contributed by atoms with Crippen LogP contribution in [-0.4, -0.2) is 5.97 Å². The van der Waals surface area contributed by atoms with Crippen LogP contribution in [0.5, 0.6) is 5.75 Å². The van der Waals surface area contributed by atoms with Gasteiger partial charge in [0, 0.05) is 5.39 Å². The van der Waals surface area contributed by atoms with Crippen LogP contribution < -0.4 is 4.74 Å². The van der Waals surface area contributed by atoms with Gasteiger partial charge in [0.25, 0.3) is 0 Å². The lowest BCUT2D eigenvalue weighted by atomic mass is 10.0. The molecule has 0 saturated heterocycles. The molecule has 0 N–H and O–H groups in total. The molecule has 0 heterocycles. The largest absolute Gasteiger partial charge is 0.425 e. The van der Waals surface area contributed by atoms with Crippen LogP contribution in [0.15, 0.2) is 72.8 Å². The fourth-order valence-corrected chi connectivity index (χ4v) is 2.36. The number of ether oxygens (including phenoxy) is 1. The Morgan fingerprint density at radius 1 is 0.909 bits per heavy atom. The number of fused-ring (bicyclic) bond motifs is 1. The minimum Gasteiger partial charge on any atom is -0.425 e. The van der Waals surface area contributed by atoms with E-state index in [1.807, 2.05) is 48.5 Å². The Morgan fingerprint density at radius 3 is 2.36 bits per heavy atom. The van der Waals surface area contributed by atoms with E-state index in [1.54, 1.807) is 30.3 Å². The lowest BCUT2D eigenvalue weighted by molar-refractivity contribution is -0.134. The average Bonchev–Trinajstić information content (AvgIpc) is 2.57. The summed E-state index contributed by atoms with van der Waals surface area (Å²) in [7, 11) is 0. The minimum absolute atomic E-state index is 0.472. The molecule has 0 saturated carbocycles. The zero-order chi connectivity index (χ0) is 15.4. The SMILES string of the molecule is N#CC(C(=O)Oc1cccc2ccccc12)c1ccccc1. The highest BCUT2D eigenvalue weighted by atomic mass is 16.5. The molecule has 0 spiro atoms. The van der Waals surface area contributed by atoms with Crippen LogP contribution in [0.2, 0.25) is 0 Å². The van der Waals surface area contributed by atoms with E-state index < -0.39 is 11.9 Å². The Labute approximate surface area is 128 Å². The van der Waals surface area contributed by atoms with Gasteiger partial charge < -0.3 is 4.74 Å². The average molecular weight is 287 g/mol. The molecule has 0 aliphatic heterocycles. The maximum Gasteiger partial charge on any atom is 0.333 e. The molecular formula is C19H13NO2. The van der Waals surface area contributed by atoms with E-state index in [-0.39, 0.29) is 0 Å². The first kappa shape index (κ1) is 13.8. The minimum atomic E-state index is -0.930. The van der Waals surface area contributed by atoms with Crippen molar-refractivity contribution < 1.29 is 9.53 Å². The number of hydrogen-bond donors (Lipinski definition) is 0. The number of carbonyl (C=O) groups is 1. The van der Waals surface area contributed by atoms with E-state index in [0.29, 0.717) is 11.3 Å². The molecule has 0 aliphatic carbocycles. The first-order valence-corrected chi connectivity index (χ1v) is 6.93. The van der Waals surface area contributed by atoms with Crippen molar-refractivity contribution in [2.45, 2.75) is 5.92 Å². The second-order valence-corrected chi connectivity index (χ2v) is 4.87. The predicted octanol–water partition coefficient (Wildman–Crippen LogP) is 4.05. The molecule has 0 aliphatic rings. The van der Waals surface area contributed by atoms with Gasteiger partial charge in [-0.1, -0.05) is 66.7 Å². The van der Waals surface area contributed by atoms with E-state index in [0.717, 1.165) is 10.8 Å². The van der Waals surface area contributed by atoms with Gasteiger partial charge in [-0.2, -0.15) is 5.26 Å². The first-order chi connectivity index (χ1) is 10.8. The van der Waals surface area contributed by atoms with Crippen molar-refractivity contribution in [2.75, 3.05) is 0 Å². The highest BCUT2D eigenvalue weighted by Crippen LogP contribution is 2.27. The Kier molecular flexibility index (Phi) is 3.84. The summed E-state index contributed by atoms with van der Waals surface area (Å²) >= 11 is 0. The monoisotopic (exact) mass is 287 g/mol. The van der Waals surface area contributed by atoms with Crippen LogP contribution in [0.25, 0.3) is 10.8 Å². The maximum absolute atomic E-state index is 12.3. The van der Waals surface area contributed by atoms with E-state index in [1.165, 1.54) is 0 Å². The molecule has 1 atom stereocenters. The Hall–Kier alpha value is -3.12. The van der Waals surface area contributed by atoms with Crippen LogP contribution in [0.4, 0.5) is 0 Å². The summed E-state index contributed by atoms with van der Waals surface area (Å²) in [6.07, 6.45) is 0. The number of hydrogen-bond acceptors (Lipinski definition) is 3. The Balaban J connectivity index is 1.91. The van der Waals surface area contributed by atoms with Crippen LogP contribution in [0.3, 0.4) is 0 Å². The van der Waals surface area contributed by atoms with Gasteiger partial charge in [-0.15, -0.1) is 0 Å². The summed E-state index contributed by atoms with van der Waals surface area (Å²) < 4.78 is 5.47. The highest BCUT2D eigenvalue weighted by Gasteiger charge is 2.22. The molecule has 3 rings (SSSR count). The van der Waals surface area contributed by atoms with Crippen molar-refractivity contribution in [3.63, 3.8) is 0 Å². The number of esters is 1. The molecule has 3 aromatic carbocycles. The molecule has 22 heavy (non-hydrogen) atoms. The van der Waals surface area contributed by atoms with Crippen molar-refractivity contribution >= 4 is 16.7 Å². The third-order valence-corrected chi connectivity index (χ3v) is 3.46. The van der Waals surface area contributed by atoms with Gasteiger partial charge in [-0.3, -0.25) is 0 Å². The number of nitrogens with zero attached hydrogens (tertiary/aromatic N) is 1. The fourth-order valence-electron chi connectivity index (χ4n) is 2.36. The van der Waals surface area contributed by atoms with Crippen molar-refractivity contribution in [1.82, 2.24) is 0 Å². The molecule has 0 aromatic heterocycles. The summed E-state index contributed by atoms with van der Waals surface area (Å²) in [5.41, 5.74) is 0.634. The summed E-state index contributed by atoms with van der Waals surface area (Å²) in [6, 6.07) is 24.1. The molecule has 3 aromatic rings. The second kappa shape index (κ2) is 6.11. The number of carbonyl (C=O) groups excluding carboxylic acids is 1. The predicted molar refractivity (Wildman–Crippen MR) is 84.4 cm³/mol. The summed E-state index contributed by atoms with van der Waals surface area (Å²) in [5.74, 6) is -1.02. The van der Waals surface area contributed by atoms with Gasteiger partial charge in [0.2, 0.25) is 0 Å². The van der Waals surface area contributed by atoms with Gasteiger partial charge in [0.15, 0.2) is 5.92 Å². The number of benzene rings is 3. The summed E-state index contributed by atoms with van der Waals surface area (Å²) in [5, 5.41) is 11.1. The number of rotatable bonds is 3. The van der Waals surface area contributed by atoms with Crippen LogP contribution in [0.1, 0.15) is 11.5 Å². The lowest BCUT2D eigenvalue weighted by Crippen LogP contribution is -2.17. The van der Waals surface area contributed by atoms with Crippen LogP contribution in [-0.2, 0) is 4.79 Å². The quantitative estimate of drug-likeness (QED) is 0.539. The number of nitriles is 1. The van der Waals surface area contributed by atoms with Crippen LogP contribution in [0, 0.1) is 11.3 Å². The molecule has 0 amide bonds. The second-order valence-electron chi connectivity index (χ2n) is 4.87. The normalized spacial score (nSPS) is 11.6. The molecule has 106 valence electrons. The van der Waals surface area contributed by atoms with Gasteiger partial charge in [0.05, 0.1) is 6.07 Å². The van der Waals surface area contributed by atoms with Crippen molar-refractivity contribution in [1.29, 1.82) is 5.26 Å². The molecule has 0 bridgehead atoms. The van der Waals surface area contributed by atoms with Gasteiger partial charge in [0.1, 0.15) is 5.75 Å². The molecule has 3 nitrogen and oxygen atoms in total. The molecule has 0 radical (unpaired) electrons. The maximum atomic E-state index is 12.3. The van der Waals surface area contributed by atoms with E-state index in [9.17, 15) is 10.1 Å². The summed E-state index contributed by atoms with van der Waals surface area (Å²) in [6.45, 7) is 0. The third kappa shape index (κ3) is 2.68. The van der Waals surface area contributed by atoms with E-state index in [4.69, 9.17) is 4.74 Å². The topological polar surface area (TPSA) is 50.1 Å². The van der Waals surface area contributed by atoms with Crippen molar-refractivity contribution in [3.05, 3.63) is 78.4 Å². The highest BCUT2D eigenvalue weighted by molar-refractivity contribution is 5.92. The molecule has 1 unspecified atom stereocenters. The zero-order valence-electron chi connectivity index (χ0n) is 11.8. The van der Waals surface area contributed by atoms with Crippen molar-refractivity contribution in [2.24, 2.45) is 0 Å². The molecular weight excluding hydrogens is 274 g/mol. The van der Waals surface area contributed by atoms with E-state index >= 15 is 0 Å². The van der Waals surface area contributed by atoms with E-state index in [2.05, 4.69) is 0 Å². The zero-order valence-corrected chi connectivity index (χ0v) is 11.8. The van der Waals surface area contributed by atoms with Gasteiger partial charge in [-0.05, 0) is 17.0 Å². The lowest BCUT2D eigenvalue weighted by Gasteiger charge is -2.11. The van der Waals surface area contributed by atoms with Crippen molar-refractivity contribution in [3.8, 4) is 11.8 Å². The smallest absolute Gasteiger partial charge is 0.333 e. The molecule has 3 heteroatoms. The fraction of sp³-hybridized carbons (Fsp3) is 0.0526. The van der Waals surface area contributed by atoms with Gasteiger partial charge in [-0.25, -0.2) is 4.79 Å².